The third kappa shape index (κ3) is 5.17. The van der Waals surface area contributed by atoms with Crippen LogP contribution in [0.15, 0.2) is 24.3 Å². The maximum Gasteiger partial charge on any atom is 0.234 e. The first kappa shape index (κ1) is 18.2. The largest absolute Gasteiger partial charge is 0.348 e. The molecule has 0 spiro atoms. The van der Waals surface area contributed by atoms with Gasteiger partial charge >= 0.3 is 0 Å². The van der Waals surface area contributed by atoms with Crippen LogP contribution in [-0.4, -0.2) is 62.5 Å². The van der Waals surface area contributed by atoms with Gasteiger partial charge in [-0.2, -0.15) is 4.31 Å². The van der Waals surface area contributed by atoms with E-state index < -0.39 is 10.0 Å². The molecule has 1 atom stereocenters. The minimum Gasteiger partial charge on any atom is -0.348 e. The summed E-state index contributed by atoms with van der Waals surface area (Å²) in [5.74, 6) is -0.0924. The number of benzene rings is 1. The summed E-state index contributed by atoms with van der Waals surface area (Å²) in [5.41, 5.74) is 0.879. The molecule has 23 heavy (non-hydrogen) atoms. The summed E-state index contributed by atoms with van der Waals surface area (Å²) >= 11 is 6.13. The molecule has 1 aromatic carbocycles. The number of rotatable bonds is 5. The molecule has 1 aromatic rings. The fourth-order valence-electron chi connectivity index (χ4n) is 2.61. The van der Waals surface area contributed by atoms with Crippen molar-refractivity contribution in [2.45, 2.75) is 13.0 Å². The molecule has 2 rings (SSSR count). The number of sulfonamides is 1. The second-order valence-electron chi connectivity index (χ2n) is 5.75. The standard InChI is InChI=1S/C15H22ClN3O3S/c1-12(13-5-3-4-6-14(13)16)17-15(20)11-18-7-9-19(10-8-18)23(2,21)22/h3-6,12H,7-11H2,1-2H3,(H,17,20). The first-order valence-corrected chi connectivity index (χ1v) is 9.71. The van der Waals surface area contributed by atoms with E-state index in [4.69, 9.17) is 11.6 Å². The Kier molecular flexibility index (Phi) is 6.02. The highest BCUT2D eigenvalue weighted by molar-refractivity contribution is 7.88. The van der Waals surface area contributed by atoms with E-state index in [2.05, 4.69) is 5.32 Å². The summed E-state index contributed by atoms with van der Waals surface area (Å²) < 4.78 is 24.4. The number of nitrogens with one attached hydrogen (secondary N) is 1. The summed E-state index contributed by atoms with van der Waals surface area (Å²) in [4.78, 5) is 14.1. The first-order valence-electron chi connectivity index (χ1n) is 7.48. The van der Waals surface area contributed by atoms with Crippen molar-refractivity contribution in [2.75, 3.05) is 39.0 Å². The first-order chi connectivity index (χ1) is 10.8. The Morgan fingerprint density at radius 2 is 1.87 bits per heavy atom. The van der Waals surface area contributed by atoms with Crippen molar-refractivity contribution >= 4 is 27.5 Å². The highest BCUT2D eigenvalue weighted by Gasteiger charge is 2.24. The Hall–Kier alpha value is -1.15. The molecule has 1 heterocycles. The van der Waals surface area contributed by atoms with Crippen molar-refractivity contribution in [1.29, 1.82) is 0 Å². The molecular weight excluding hydrogens is 338 g/mol. The van der Waals surface area contributed by atoms with Gasteiger partial charge in [-0.1, -0.05) is 29.8 Å². The van der Waals surface area contributed by atoms with Crippen LogP contribution in [0.1, 0.15) is 18.5 Å². The van der Waals surface area contributed by atoms with E-state index in [1.807, 2.05) is 30.0 Å². The van der Waals surface area contributed by atoms with Gasteiger partial charge in [-0.3, -0.25) is 9.69 Å². The van der Waals surface area contributed by atoms with Crippen LogP contribution in [0.3, 0.4) is 0 Å². The average molecular weight is 360 g/mol. The number of halogens is 1. The summed E-state index contributed by atoms with van der Waals surface area (Å²) in [6.07, 6.45) is 1.21. The van der Waals surface area contributed by atoms with Gasteiger partial charge in [0.2, 0.25) is 15.9 Å². The Labute approximate surface area is 142 Å². The van der Waals surface area contributed by atoms with E-state index >= 15 is 0 Å². The number of hydrogen-bond acceptors (Lipinski definition) is 4. The van der Waals surface area contributed by atoms with Crippen LogP contribution in [0.25, 0.3) is 0 Å². The van der Waals surface area contributed by atoms with Crippen molar-refractivity contribution in [1.82, 2.24) is 14.5 Å². The molecule has 0 saturated carbocycles. The van der Waals surface area contributed by atoms with Crippen molar-refractivity contribution in [2.24, 2.45) is 0 Å². The molecule has 0 radical (unpaired) electrons. The maximum absolute atomic E-state index is 12.2. The lowest BCUT2D eigenvalue weighted by molar-refractivity contribution is -0.123. The van der Waals surface area contributed by atoms with E-state index in [9.17, 15) is 13.2 Å². The zero-order chi connectivity index (χ0) is 17.0. The molecule has 1 aliphatic rings. The predicted molar refractivity (Wildman–Crippen MR) is 90.9 cm³/mol. The van der Waals surface area contributed by atoms with Crippen molar-refractivity contribution in [3.63, 3.8) is 0 Å². The van der Waals surface area contributed by atoms with Gasteiger partial charge in [0.25, 0.3) is 0 Å². The maximum atomic E-state index is 12.2. The van der Waals surface area contributed by atoms with E-state index in [0.717, 1.165) is 5.56 Å². The van der Waals surface area contributed by atoms with Crippen molar-refractivity contribution < 1.29 is 13.2 Å². The average Bonchev–Trinajstić information content (AvgIpc) is 2.47. The molecule has 1 amide bonds. The quantitative estimate of drug-likeness (QED) is 0.854. The SMILES string of the molecule is CC(NC(=O)CN1CCN(S(C)(=O)=O)CC1)c1ccccc1Cl. The normalized spacial score (nSPS) is 18.6. The molecule has 1 fully saturated rings. The highest BCUT2D eigenvalue weighted by atomic mass is 35.5. The van der Waals surface area contributed by atoms with E-state index in [1.54, 1.807) is 6.07 Å². The lowest BCUT2D eigenvalue weighted by atomic mass is 10.1. The summed E-state index contributed by atoms with van der Waals surface area (Å²) in [7, 11) is -3.15. The number of carbonyl (C=O) groups excluding carboxylic acids is 1. The molecule has 1 aliphatic heterocycles. The second-order valence-corrected chi connectivity index (χ2v) is 8.14. The minimum atomic E-state index is -3.15. The van der Waals surface area contributed by atoms with Crippen LogP contribution >= 0.6 is 11.6 Å². The van der Waals surface area contributed by atoms with Gasteiger partial charge in [0.05, 0.1) is 18.8 Å². The van der Waals surface area contributed by atoms with Gasteiger partial charge in [0, 0.05) is 31.2 Å². The van der Waals surface area contributed by atoms with Crippen LogP contribution < -0.4 is 5.32 Å². The molecule has 0 bridgehead atoms. The second kappa shape index (κ2) is 7.61. The molecule has 0 aromatic heterocycles. The van der Waals surface area contributed by atoms with Gasteiger partial charge in [0.15, 0.2) is 0 Å². The van der Waals surface area contributed by atoms with Gasteiger partial charge in [-0.05, 0) is 18.6 Å². The Bertz CT molecular complexity index is 658. The van der Waals surface area contributed by atoms with Crippen LogP contribution in [0.4, 0.5) is 0 Å². The summed E-state index contributed by atoms with van der Waals surface area (Å²) in [6.45, 7) is 4.10. The molecule has 128 valence electrons. The molecule has 1 unspecified atom stereocenters. The third-order valence-electron chi connectivity index (χ3n) is 3.92. The predicted octanol–water partition coefficient (Wildman–Crippen LogP) is 1.09. The van der Waals surface area contributed by atoms with Crippen LogP contribution in [0.5, 0.6) is 0 Å². The highest BCUT2D eigenvalue weighted by Crippen LogP contribution is 2.22. The topological polar surface area (TPSA) is 69.7 Å². The fraction of sp³-hybridized carbons (Fsp3) is 0.533. The molecule has 1 saturated heterocycles. The van der Waals surface area contributed by atoms with Gasteiger partial charge in [-0.15, -0.1) is 0 Å². The van der Waals surface area contributed by atoms with Crippen LogP contribution in [0, 0.1) is 0 Å². The Balaban J connectivity index is 1.83. The van der Waals surface area contributed by atoms with Gasteiger partial charge < -0.3 is 5.32 Å². The fourth-order valence-corrected chi connectivity index (χ4v) is 3.74. The van der Waals surface area contributed by atoms with E-state index in [-0.39, 0.29) is 18.5 Å². The molecule has 6 nitrogen and oxygen atoms in total. The number of nitrogens with zero attached hydrogens (tertiary/aromatic N) is 2. The lowest BCUT2D eigenvalue weighted by Crippen LogP contribution is -2.50. The third-order valence-corrected chi connectivity index (χ3v) is 5.56. The summed E-state index contributed by atoms with van der Waals surface area (Å²) in [5, 5.41) is 3.56. The molecule has 0 aliphatic carbocycles. The number of hydrogen-bond donors (Lipinski definition) is 1. The molecule has 1 N–H and O–H groups in total. The zero-order valence-corrected chi connectivity index (χ0v) is 14.9. The van der Waals surface area contributed by atoms with Crippen LogP contribution in [-0.2, 0) is 14.8 Å². The molecule has 8 heteroatoms. The number of carbonyl (C=O) groups is 1. The molecular formula is C15H22ClN3O3S. The van der Waals surface area contributed by atoms with Crippen molar-refractivity contribution in [3.8, 4) is 0 Å². The van der Waals surface area contributed by atoms with Gasteiger partial charge in [0.1, 0.15) is 0 Å². The number of piperazine rings is 1. The van der Waals surface area contributed by atoms with Crippen LogP contribution in [0.2, 0.25) is 5.02 Å². The number of amides is 1. The Morgan fingerprint density at radius 1 is 1.26 bits per heavy atom. The van der Waals surface area contributed by atoms with Crippen molar-refractivity contribution in [3.05, 3.63) is 34.9 Å². The lowest BCUT2D eigenvalue weighted by Gasteiger charge is -2.32. The van der Waals surface area contributed by atoms with Gasteiger partial charge in [-0.25, -0.2) is 8.42 Å². The van der Waals surface area contributed by atoms with E-state index in [0.29, 0.717) is 31.2 Å². The Morgan fingerprint density at radius 3 is 2.43 bits per heavy atom. The smallest absolute Gasteiger partial charge is 0.234 e. The van der Waals surface area contributed by atoms with E-state index in [1.165, 1.54) is 10.6 Å². The zero-order valence-electron chi connectivity index (χ0n) is 13.3. The minimum absolute atomic E-state index is 0.0924. The summed E-state index contributed by atoms with van der Waals surface area (Å²) in [6, 6.07) is 7.24. The monoisotopic (exact) mass is 359 g/mol.